The molecule has 0 aliphatic heterocycles. The average molecular weight is 362 g/mol. The van der Waals surface area contributed by atoms with Gasteiger partial charge in [-0.1, -0.05) is 11.6 Å². The highest BCUT2D eigenvalue weighted by Crippen LogP contribution is 2.18. The maximum absolute atomic E-state index is 13.3. The van der Waals surface area contributed by atoms with E-state index in [1.165, 1.54) is 41.2 Å². The molecule has 1 aromatic heterocycles. The Hall–Kier alpha value is -3.06. The van der Waals surface area contributed by atoms with Crippen LogP contribution in [0.2, 0.25) is 5.02 Å². The van der Waals surface area contributed by atoms with Gasteiger partial charge in [0, 0.05) is 18.0 Å². The number of amides is 1. The van der Waals surface area contributed by atoms with Crippen LogP contribution in [-0.2, 0) is 0 Å². The van der Waals surface area contributed by atoms with Crippen LogP contribution in [0.3, 0.4) is 0 Å². The molecule has 0 aliphatic carbocycles. The van der Waals surface area contributed by atoms with E-state index in [1.54, 1.807) is 0 Å². The number of rotatable bonds is 3. The quantitative estimate of drug-likeness (QED) is 0.777. The van der Waals surface area contributed by atoms with E-state index >= 15 is 0 Å². The third kappa shape index (κ3) is 3.56. The zero-order valence-electron chi connectivity index (χ0n) is 12.5. The number of nitrogens with zero attached hydrogens (tertiary/aromatic N) is 2. The largest absolute Gasteiger partial charge is 0.302 e. The molecule has 3 aromatic rings. The SMILES string of the molecule is O=C(Nc1nccn(-c2ccc(F)c(Cl)c2)c1=O)c1ccc(F)cc1. The fraction of sp³-hybridized carbons (Fsp3) is 0. The van der Waals surface area contributed by atoms with Crippen LogP contribution in [0, 0.1) is 11.6 Å². The van der Waals surface area contributed by atoms with Crippen LogP contribution >= 0.6 is 11.6 Å². The van der Waals surface area contributed by atoms with Gasteiger partial charge in [-0.05, 0) is 42.5 Å². The minimum absolute atomic E-state index is 0.141. The lowest BCUT2D eigenvalue weighted by molar-refractivity contribution is 0.102. The van der Waals surface area contributed by atoms with Gasteiger partial charge in [-0.25, -0.2) is 13.8 Å². The number of benzene rings is 2. The van der Waals surface area contributed by atoms with Crippen molar-refractivity contribution in [2.24, 2.45) is 0 Å². The number of hydrogen-bond acceptors (Lipinski definition) is 3. The van der Waals surface area contributed by atoms with Gasteiger partial charge < -0.3 is 5.32 Å². The molecule has 0 spiro atoms. The number of carbonyl (C=O) groups excluding carboxylic acids is 1. The molecule has 0 bridgehead atoms. The van der Waals surface area contributed by atoms with Gasteiger partial charge in [-0.15, -0.1) is 0 Å². The van der Waals surface area contributed by atoms with E-state index in [0.29, 0.717) is 5.69 Å². The molecular weight excluding hydrogens is 352 g/mol. The van der Waals surface area contributed by atoms with Gasteiger partial charge in [-0.3, -0.25) is 14.2 Å². The molecule has 25 heavy (non-hydrogen) atoms. The number of hydrogen-bond donors (Lipinski definition) is 1. The fourth-order valence-electron chi connectivity index (χ4n) is 2.12. The van der Waals surface area contributed by atoms with Gasteiger partial charge in [-0.2, -0.15) is 0 Å². The van der Waals surface area contributed by atoms with Crippen molar-refractivity contribution in [1.82, 2.24) is 9.55 Å². The van der Waals surface area contributed by atoms with Crippen molar-refractivity contribution in [3.05, 3.63) is 87.4 Å². The summed E-state index contributed by atoms with van der Waals surface area (Å²) in [5.74, 6) is -1.93. The maximum atomic E-state index is 13.3. The number of halogens is 3. The molecule has 0 saturated heterocycles. The van der Waals surface area contributed by atoms with E-state index in [2.05, 4.69) is 10.3 Å². The summed E-state index contributed by atoms with van der Waals surface area (Å²) in [5, 5.41) is 2.23. The predicted molar refractivity (Wildman–Crippen MR) is 89.2 cm³/mol. The Bertz CT molecular complexity index is 1000. The molecule has 0 radical (unpaired) electrons. The van der Waals surface area contributed by atoms with E-state index in [-0.39, 0.29) is 16.4 Å². The number of anilines is 1. The minimum Gasteiger partial charge on any atom is -0.302 e. The molecule has 5 nitrogen and oxygen atoms in total. The highest BCUT2D eigenvalue weighted by Gasteiger charge is 2.12. The molecule has 0 aliphatic rings. The van der Waals surface area contributed by atoms with Crippen LogP contribution in [0.15, 0.2) is 59.7 Å². The number of nitrogens with one attached hydrogen (secondary N) is 1. The Morgan fingerprint density at radius 2 is 1.84 bits per heavy atom. The summed E-state index contributed by atoms with van der Waals surface area (Å²) < 4.78 is 27.3. The van der Waals surface area contributed by atoms with Crippen LogP contribution in [0.1, 0.15) is 10.4 Å². The number of aromatic nitrogens is 2. The van der Waals surface area contributed by atoms with Gasteiger partial charge in [0.25, 0.3) is 11.5 Å². The lowest BCUT2D eigenvalue weighted by Gasteiger charge is -2.09. The third-order valence-corrected chi connectivity index (χ3v) is 3.65. The minimum atomic E-state index is -0.624. The van der Waals surface area contributed by atoms with E-state index < -0.39 is 23.1 Å². The molecule has 0 saturated carbocycles. The first-order chi connectivity index (χ1) is 12.0. The van der Waals surface area contributed by atoms with Crippen molar-refractivity contribution in [3.63, 3.8) is 0 Å². The van der Waals surface area contributed by atoms with Crippen LogP contribution in [0.5, 0.6) is 0 Å². The van der Waals surface area contributed by atoms with Crippen molar-refractivity contribution in [3.8, 4) is 5.69 Å². The Balaban J connectivity index is 1.93. The first-order valence-electron chi connectivity index (χ1n) is 7.06. The summed E-state index contributed by atoms with van der Waals surface area (Å²) in [6, 6.07) is 8.61. The highest BCUT2D eigenvalue weighted by atomic mass is 35.5. The standard InChI is InChI=1S/C17H10ClF2N3O2/c18-13-9-12(5-6-14(13)20)23-8-7-21-15(17(23)25)22-16(24)10-1-3-11(19)4-2-10/h1-9H,(H,21,22,24). The van der Waals surface area contributed by atoms with Gasteiger partial charge in [0.1, 0.15) is 11.6 Å². The summed E-state index contributed by atoms with van der Waals surface area (Å²) >= 11 is 5.73. The summed E-state index contributed by atoms with van der Waals surface area (Å²) in [6.45, 7) is 0. The summed E-state index contributed by atoms with van der Waals surface area (Å²) in [5.41, 5.74) is -0.139. The molecule has 2 aromatic carbocycles. The predicted octanol–water partition coefficient (Wildman–Crippen LogP) is 3.42. The van der Waals surface area contributed by atoms with Crippen molar-refractivity contribution < 1.29 is 13.6 Å². The molecular formula is C17H10ClF2N3O2. The molecule has 1 heterocycles. The molecule has 0 unspecified atom stereocenters. The van der Waals surface area contributed by atoms with Crippen molar-refractivity contribution in [2.75, 3.05) is 5.32 Å². The second-order valence-electron chi connectivity index (χ2n) is 5.01. The topological polar surface area (TPSA) is 64.0 Å². The Labute approximate surface area is 145 Å². The van der Waals surface area contributed by atoms with Crippen molar-refractivity contribution >= 4 is 23.3 Å². The smallest absolute Gasteiger partial charge is 0.298 e. The van der Waals surface area contributed by atoms with Gasteiger partial charge in [0.2, 0.25) is 0 Å². The summed E-state index contributed by atoms with van der Waals surface area (Å²) in [6.07, 6.45) is 2.67. The number of carbonyl (C=O) groups is 1. The van der Waals surface area contributed by atoms with Crippen LogP contribution in [-0.4, -0.2) is 15.5 Å². The van der Waals surface area contributed by atoms with Gasteiger partial charge in [0.15, 0.2) is 5.82 Å². The zero-order valence-corrected chi connectivity index (χ0v) is 13.3. The maximum Gasteiger partial charge on any atom is 0.298 e. The molecule has 3 rings (SSSR count). The van der Waals surface area contributed by atoms with Crippen LogP contribution < -0.4 is 10.9 Å². The first-order valence-corrected chi connectivity index (χ1v) is 7.43. The van der Waals surface area contributed by atoms with E-state index in [9.17, 15) is 18.4 Å². The highest BCUT2D eigenvalue weighted by molar-refractivity contribution is 6.30. The molecule has 1 amide bonds. The monoisotopic (exact) mass is 361 g/mol. The van der Waals surface area contributed by atoms with E-state index in [4.69, 9.17) is 11.6 Å². The van der Waals surface area contributed by atoms with Crippen LogP contribution in [0.25, 0.3) is 5.69 Å². The Morgan fingerprint density at radius 1 is 1.12 bits per heavy atom. The molecule has 1 N–H and O–H groups in total. The van der Waals surface area contributed by atoms with Crippen molar-refractivity contribution in [1.29, 1.82) is 0 Å². The van der Waals surface area contributed by atoms with Gasteiger partial charge >= 0.3 is 0 Å². The van der Waals surface area contributed by atoms with Crippen molar-refractivity contribution in [2.45, 2.75) is 0 Å². The van der Waals surface area contributed by atoms with E-state index in [1.807, 2.05) is 0 Å². The second-order valence-corrected chi connectivity index (χ2v) is 5.42. The third-order valence-electron chi connectivity index (χ3n) is 3.36. The lowest BCUT2D eigenvalue weighted by atomic mass is 10.2. The fourth-order valence-corrected chi connectivity index (χ4v) is 2.29. The normalized spacial score (nSPS) is 10.5. The Morgan fingerprint density at radius 3 is 2.52 bits per heavy atom. The van der Waals surface area contributed by atoms with Crippen LogP contribution in [0.4, 0.5) is 14.6 Å². The molecule has 0 atom stereocenters. The average Bonchev–Trinajstić information content (AvgIpc) is 2.60. The van der Waals surface area contributed by atoms with Gasteiger partial charge in [0.05, 0.1) is 10.7 Å². The molecule has 126 valence electrons. The van der Waals surface area contributed by atoms with E-state index in [0.717, 1.165) is 18.2 Å². The first kappa shape index (κ1) is 16.8. The lowest BCUT2D eigenvalue weighted by Crippen LogP contribution is -2.26. The summed E-state index contributed by atoms with van der Waals surface area (Å²) in [4.78, 5) is 28.4. The molecule has 0 fully saturated rings. The zero-order chi connectivity index (χ0) is 18.0. The Kier molecular flexibility index (Phi) is 4.58. The molecule has 8 heteroatoms. The second kappa shape index (κ2) is 6.82. The summed E-state index contributed by atoms with van der Waals surface area (Å²) in [7, 11) is 0.